The van der Waals surface area contributed by atoms with Gasteiger partial charge in [-0.2, -0.15) is 0 Å². The number of rotatable bonds is 9. The first-order valence-corrected chi connectivity index (χ1v) is 8.10. The molecular formula is C16H34N2. The van der Waals surface area contributed by atoms with Crippen LogP contribution in [0.3, 0.4) is 0 Å². The van der Waals surface area contributed by atoms with E-state index in [1.54, 1.807) is 0 Å². The van der Waals surface area contributed by atoms with Gasteiger partial charge in [0, 0.05) is 18.6 Å². The lowest BCUT2D eigenvalue weighted by Crippen LogP contribution is -2.55. The minimum Gasteiger partial charge on any atom is -0.317 e. The summed E-state index contributed by atoms with van der Waals surface area (Å²) in [6.07, 6.45) is 5.44. The van der Waals surface area contributed by atoms with E-state index < -0.39 is 0 Å². The Morgan fingerprint density at radius 3 is 2.17 bits per heavy atom. The van der Waals surface area contributed by atoms with Gasteiger partial charge >= 0.3 is 0 Å². The van der Waals surface area contributed by atoms with Crippen LogP contribution in [0.4, 0.5) is 0 Å². The number of nitrogens with zero attached hydrogens (tertiary/aromatic N) is 1. The molecular weight excluding hydrogens is 220 g/mol. The lowest BCUT2D eigenvalue weighted by molar-refractivity contribution is 0.0155. The van der Waals surface area contributed by atoms with E-state index >= 15 is 0 Å². The van der Waals surface area contributed by atoms with E-state index in [1.165, 1.54) is 38.8 Å². The van der Waals surface area contributed by atoms with Crippen LogP contribution in [-0.2, 0) is 0 Å². The molecule has 1 fully saturated rings. The van der Waals surface area contributed by atoms with Gasteiger partial charge in [-0.15, -0.1) is 0 Å². The van der Waals surface area contributed by atoms with Gasteiger partial charge in [-0.1, -0.05) is 34.6 Å². The van der Waals surface area contributed by atoms with Crippen LogP contribution in [0.2, 0.25) is 0 Å². The SMILES string of the molecule is CCNCC1CCC1N(CC(C)C)C(CC)CC. The van der Waals surface area contributed by atoms with E-state index in [1.807, 2.05) is 0 Å². The molecule has 0 saturated heterocycles. The minimum atomic E-state index is 0.783. The van der Waals surface area contributed by atoms with Crippen molar-refractivity contribution in [3.63, 3.8) is 0 Å². The zero-order valence-corrected chi connectivity index (χ0v) is 13.2. The molecule has 0 bridgehead atoms. The van der Waals surface area contributed by atoms with Crippen LogP contribution < -0.4 is 5.32 Å². The molecule has 0 aromatic heterocycles. The predicted molar refractivity (Wildman–Crippen MR) is 81.0 cm³/mol. The van der Waals surface area contributed by atoms with Gasteiger partial charge in [-0.25, -0.2) is 0 Å². The highest BCUT2D eigenvalue weighted by Gasteiger charge is 2.37. The van der Waals surface area contributed by atoms with Crippen LogP contribution in [0.25, 0.3) is 0 Å². The summed E-state index contributed by atoms with van der Waals surface area (Å²) >= 11 is 0. The average Bonchev–Trinajstić information content (AvgIpc) is 2.29. The Kier molecular flexibility index (Phi) is 7.25. The van der Waals surface area contributed by atoms with E-state index in [0.29, 0.717) is 0 Å². The summed E-state index contributed by atoms with van der Waals surface area (Å²) in [5.41, 5.74) is 0. The third-order valence-corrected chi connectivity index (χ3v) is 4.45. The van der Waals surface area contributed by atoms with Crippen molar-refractivity contribution in [2.24, 2.45) is 11.8 Å². The summed E-state index contributed by atoms with van der Waals surface area (Å²) in [5.74, 6) is 1.68. The van der Waals surface area contributed by atoms with Gasteiger partial charge in [0.15, 0.2) is 0 Å². The molecule has 1 aliphatic carbocycles. The second kappa shape index (κ2) is 8.16. The van der Waals surface area contributed by atoms with Gasteiger partial charge in [0.05, 0.1) is 0 Å². The molecule has 0 aromatic carbocycles. The van der Waals surface area contributed by atoms with Crippen molar-refractivity contribution in [1.82, 2.24) is 10.2 Å². The molecule has 1 saturated carbocycles. The van der Waals surface area contributed by atoms with Crippen molar-refractivity contribution in [3.8, 4) is 0 Å². The highest BCUT2D eigenvalue weighted by atomic mass is 15.2. The standard InChI is InChI=1S/C16H34N2/c1-6-15(7-2)18(12-13(4)5)16-10-9-14(16)11-17-8-3/h13-17H,6-12H2,1-5H3. The zero-order chi connectivity index (χ0) is 13.5. The molecule has 2 unspecified atom stereocenters. The maximum Gasteiger partial charge on any atom is 0.0139 e. The molecule has 2 atom stereocenters. The van der Waals surface area contributed by atoms with Gasteiger partial charge in [0.2, 0.25) is 0 Å². The number of hydrogen-bond acceptors (Lipinski definition) is 2. The van der Waals surface area contributed by atoms with E-state index in [-0.39, 0.29) is 0 Å². The fraction of sp³-hybridized carbons (Fsp3) is 1.00. The molecule has 0 aromatic rings. The molecule has 0 radical (unpaired) electrons. The largest absolute Gasteiger partial charge is 0.317 e. The number of nitrogens with one attached hydrogen (secondary N) is 1. The summed E-state index contributed by atoms with van der Waals surface area (Å²) in [6.45, 7) is 15.2. The maximum absolute atomic E-state index is 3.54. The van der Waals surface area contributed by atoms with E-state index in [0.717, 1.165) is 30.5 Å². The van der Waals surface area contributed by atoms with Crippen LogP contribution in [0.5, 0.6) is 0 Å². The Balaban J connectivity index is 2.58. The lowest BCUT2D eigenvalue weighted by atomic mass is 9.77. The van der Waals surface area contributed by atoms with E-state index in [9.17, 15) is 0 Å². The molecule has 0 aliphatic heterocycles. The van der Waals surface area contributed by atoms with Crippen molar-refractivity contribution >= 4 is 0 Å². The number of hydrogen-bond donors (Lipinski definition) is 1. The Labute approximate surface area is 115 Å². The predicted octanol–water partition coefficient (Wildman–Crippen LogP) is 3.52. The Hall–Kier alpha value is -0.0800. The lowest BCUT2D eigenvalue weighted by Gasteiger charge is -2.48. The summed E-state index contributed by atoms with van der Waals surface area (Å²) in [7, 11) is 0. The van der Waals surface area contributed by atoms with Crippen molar-refractivity contribution in [2.75, 3.05) is 19.6 Å². The van der Waals surface area contributed by atoms with Gasteiger partial charge in [-0.05, 0) is 50.6 Å². The topological polar surface area (TPSA) is 15.3 Å². The Bertz CT molecular complexity index is 211. The van der Waals surface area contributed by atoms with Gasteiger partial charge in [0.1, 0.15) is 0 Å². The molecule has 1 rings (SSSR count). The van der Waals surface area contributed by atoms with Crippen LogP contribution in [-0.4, -0.2) is 36.6 Å². The molecule has 0 heterocycles. The van der Waals surface area contributed by atoms with Crippen molar-refractivity contribution in [1.29, 1.82) is 0 Å². The zero-order valence-electron chi connectivity index (χ0n) is 13.2. The molecule has 18 heavy (non-hydrogen) atoms. The van der Waals surface area contributed by atoms with Crippen molar-refractivity contribution in [3.05, 3.63) is 0 Å². The second-order valence-electron chi connectivity index (χ2n) is 6.27. The van der Waals surface area contributed by atoms with Gasteiger partial charge in [0.25, 0.3) is 0 Å². The average molecular weight is 254 g/mol. The molecule has 1 N–H and O–H groups in total. The normalized spacial score (nSPS) is 24.0. The first-order chi connectivity index (χ1) is 8.63. The van der Waals surface area contributed by atoms with Crippen LogP contribution in [0, 0.1) is 11.8 Å². The van der Waals surface area contributed by atoms with Gasteiger partial charge in [-0.3, -0.25) is 4.90 Å². The quantitative estimate of drug-likeness (QED) is 0.677. The van der Waals surface area contributed by atoms with E-state index in [2.05, 4.69) is 44.8 Å². The Morgan fingerprint density at radius 1 is 1.11 bits per heavy atom. The highest BCUT2D eigenvalue weighted by molar-refractivity contribution is 4.92. The van der Waals surface area contributed by atoms with Crippen molar-refractivity contribution in [2.45, 2.75) is 72.4 Å². The molecule has 108 valence electrons. The van der Waals surface area contributed by atoms with Crippen LogP contribution in [0.1, 0.15) is 60.3 Å². The van der Waals surface area contributed by atoms with Gasteiger partial charge < -0.3 is 5.32 Å². The maximum atomic E-state index is 3.54. The molecule has 0 spiro atoms. The summed E-state index contributed by atoms with van der Waals surface area (Å²) in [4.78, 5) is 2.83. The summed E-state index contributed by atoms with van der Waals surface area (Å²) < 4.78 is 0. The first-order valence-electron chi connectivity index (χ1n) is 8.10. The smallest absolute Gasteiger partial charge is 0.0139 e. The summed E-state index contributed by atoms with van der Waals surface area (Å²) in [5, 5.41) is 3.54. The van der Waals surface area contributed by atoms with Crippen LogP contribution in [0.15, 0.2) is 0 Å². The molecule has 2 heteroatoms. The monoisotopic (exact) mass is 254 g/mol. The van der Waals surface area contributed by atoms with Crippen LogP contribution >= 0.6 is 0 Å². The fourth-order valence-electron chi connectivity index (χ4n) is 3.29. The highest BCUT2D eigenvalue weighted by Crippen LogP contribution is 2.34. The Morgan fingerprint density at radius 2 is 1.78 bits per heavy atom. The fourth-order valence-corrected chi connectivity index (χ4v) is 3.29. The third kappa shape index (κ3) is 4.24. The molecule has 1 aliphatic rings. The minimum absolute atomic E-state index is 0.783. The molecule has 2 nitrogen and oxygen atoms in total. The second-order valence-corrected chi connectivity index (χ2v) is 6.27. The summed E-state index contributed by atoms with van der Waals surface area (Å²) in [6, 6.07) is 1.64. The van der Waals surface area contributed by atoms with E-state index in [4.69, 9.17) is 0 Å². The first kappa shape index (κ1) is 16.0. The third-order valence-electron chi connectivity index (χ3n) is 4.45. The van der Waals surface area contributed by atoms with Crippen molar-refractivity contribution < 1.29 is 0 Å². The molecule has 0 amide bonds.